The lowest BCUT2D eigenvalue weighted by atomic mass is 9.90. The van der Waals surface area contributed by atoms with Gasteiger partial charge >= 0.3 is 5.97 Å². The van der Waals surface area contributed by atoms with E-state index in [1.807, 2.05) is 24.3 Å². The molecular weight excluding hydrogens is 282 g/mol. The molecule has 5 heteroatoms. The number of ether oxygens (including phenoxy) is 1. The van der Waals surface area contributed by atoms with Crippen molar-refractivity contribution >= 4 is 11.9 Å². The van der Waals surface area contributed by atoms with Crippen molar-refractivity contribution in [3.05, 3.63) is 29.8 Å². The Balaban J connectivity index is 2.38. The van der Waals surface area contributed by atoms with Gasteiger partial charge in [0.25, 0.3) is 5.91 Å². The van der Waals surface area contributed by atoms with Gasteiger partial charge in [-0.05, 0) is 43.9 Å². The van der Waals surface area contributed by atoms with Gasteiger partial charge < -0.3 is 15.2 Å². The number of aliphatic carboxylic acids is 1. The molecule has 1 amide bonds. The van der Waals surface area contributed by atoms with Crippen molar-refractivity contribution in [1.82, 2.24) is 5.32 Å². The lowest BCUT2D eigenvalue weighted by molar-refractivity contribution is -0.147. The van der Waals surface area contributed by atoms with Gasteiger partial charge in [-0.1, -0.05) is 26.0 Å². The molecule has 2 N–H and O–H groups in total. The van der Waals surface area contributed by atoms with Gasteiger partial charge in [-0.25, -0.2) is 0 Å². The summed E-state index contributed by atoms with van der Waals surface area (Å²) in [4.78, 5) is 22.7. The summed E-state index contributed by atoms with van der Waals surface area (Å²) >= 11 is 0. The Labute approximate surface area is 131 Å². The first-order valence-corrected chi connectivity index (χ1v) is 7.45. The first-order chi connectivity index (χ1) is 10.2. The van der Waals surface area contributed by atoms with Crippen molar-refractivity contribution in [1.29, 1.82) is 0 Å². The second-order valence-electron chi connectivity index (χ2n) is 6.30. The summed E-state index contributed by atoms with van der Waals surface area (Å²) in [6.07, 6.45) is 0.372. The van der Waals surface area contributed by atoms with Gasteiger partial charge in [0.05, 0.1) is 5.41 Å². The number of hydrogen-bond acceptors (Lipinski definition) is 3. The van der Waals surface area contributed by atoms with E-state index >= 15 is 0 Å². The van der Waals surface area contributed by atoms with E-state index in [1.54, 1.807) is 13.8 Å². The average Bonchev–Trinajstić information content (AvgIpc) is 2.45. The number of hydrogen-bond donors (Lipinski definition) is 2. The molecule has 1 rings (SSSR count). The summed E-state index contributed by atoms with van der Waals surface area (Å²) < 4.78 is 5.46. The largest absolute Gasteiger partial charge is 0.484 e. The van der Waals surface area contributed by atoms with E-state index in [0.717, 1.165) is 5.56 Å². The molecule has 0 saturated carbocycles. The molecule has 5 nitrogen and oxygen atoms in total. The highest BCUT2D eigenvalue weighted by atomic mass is 16.5. The third kappa shape index (κ3) is 5.76. The average molecular weight is 307 g/mol. The van der Waals surface area contributed by atoms with Gasteiger partial charge in [0.2, 0.25) is 0 Å². The fourth-order valence-corrected chi connectivity index (χ4v) is 1.78. The third-order valence-electron chi connectivity index (χ3n) is 3.55. The smallest absolute Gasteiger partial charge is 0.309 e. The van der Waals surface area contributed by atoms with Gasteiger partial charge in [0, 0.05) is 6.54 Å². The van der Waals surface area contributed by atoms with Gasteiger partial charge in [0.1, 0.15) is 5.75 Å². The molecule has 0 atom stereocenters. The van der Waals surface area contributed by atoms with E-state index in [0.29, 0.717) is 24.6 Å². The molecule has 22 heavy (non-hydrogen) atoms. The molecule has 0 radical (unpaired) electrons. The standard InChI is InChI=1S/C17H25NO4/c1-12(2)13-6-5-7-14(10-13)22-11-15(19)18-9-8-17(3,4)16(20)21/h5-7,10,12H,8-9,11H2,1-4H3,(H,18,19)(H,20,21). The van der Waals surface area contributed by atoms with Crippen molar-refractivity contribution in [3.8, 4) is 5.75 Å². The molecule has 0 aromatic heterocycles. The quantitative estimate of drug-likeness (QED) is 0.774. The summed E-state index contributed by atoms with van der Waals surface area (Å²) in [5.74, 6) is -0.0671. The Morgan fingerprint density at radius 2 is 2.00 bits per heavy atom. The topological polar surface area (TPSA) is 75.6 Å². The molecular formula is C17H25NO4. The predicted molar refractivity (Wildman–Crippen MR) is 85.1 cm³/mol. The van der Waals surface area contributed by atoms with E-state index < -0.39 is 11.4 Å². The number of rotatable bonds is 8. The zero-order chi connectivity index (χ0) is 16.8. The minimum absolute atomic E-state index is 0.0744. The molecule has 0 unspecified atom stereocenters. The van der Waals surface area contributed by atoms with Crippen LogP contribution in [0.2, 0.25) is 0 Å². The Kier molecular flexibility index (Phi) is 6.40. The number of carboxylic acids is 1. The molecule has 0 aliphatic carbocycles. The maximum Gasteiger partial charge on any atom is 0.309 e. The molecule has 0 fully saturated rings. The molecule has 0 aliphatic heterocycles. The van der Waals surface area contributed by atoms with Gasteiger partial charge in [-0.2, -0.15) is 0 Å². The summed E-state index contributed by atoms with van der Waals surface area (Å²) in [5, 5.41) is 11.7. The molecule has 122 valence electrons. The fraction of sp³-hybridized carbons (Fsp3) is 0.529. The van der Waals surface area contributed by atoms with Crippen molar-refractivity contribution < 1.29 is 19.4 Å². The van der Waals surface area contributed by atoms with Crippen LogP contribution < -0.4 is 10.1 Å². The Hall–Kier alpha value is -2.04. The number of benzene rings is 1. The number of carboxylic acid groups (broad SMARTS) is 1. The molecule has 0 saturated heterocycles. The van der Waals surface area contributed by atoms with Crippen molar-refractivity contribution in [3.63, 3.8) is 0 Å². The minimum atomic E-state index is -0.872. The van der Waals surface area contributed by atoms with Crippen LogP contribution in [0, 0.1) is 5.41 Å². The van der Waals surface area contributed by atoms with Crippen LogP contribution in [-0.2, 0) is 9.59 Å². The fourth-order valence-electron chi connectivity index (χ4n) is 1.78. The maximum absolute atomic E-state index is 11.7. The highest BCUT2D eigenvalue weighted by Gasteiger charge is 2.26. The number of nitrogens with one attached hydrogen (secondary N) is 1. The van der Waals surface area contributed by atoms with E-state index in [2.05, 4.69) is 19.2 Å². The Morgan fingerprint density at radius 3 is 2.59 bits per heavy atom. The van der Waals surface area contributed by atoms with Crippen LogP contribution in [0.5, 0.6) is 5.75 Å². The van der Waals surface area contributed by atoms with Crippen LogP contribution in [0.3, 0.4) is 0 Å². The SMILES string of the molecule is CC(C)c1cccc(OCC(=O)NCCC(C)(C)C(=O)O)c1. The second-order valence-corrected chi connectivity index (χ2v) is 6.30. The molecule has 0 heterocycles. The van der Waals surface area contributed by atoms with Crippen LogP contribution >= 0.6 is 0 Å². The normalized spacial score (nSPS) is 11.3. The van der Waals surface area contributed by atoms with Crippen LogP contribution in [0.15, 0.2) is 24.3 Å². The first kappa shape index (κ1) is 18.0. The number of carbonyl (C=O) groups excluding carboxylic acids is 1. The number of amides is 1. The first-order valence-electron chi connectivity index (χ1n) is 7.45. The maximum atomic E-state index is 11.7. The molecule has 0 aliphatic rings. The highest BCUT2D eigenvalue weighted by molar-refractivity contribution is 5.77. The van der Waals surface area contributed by atoms with Crippen molar-refractivity contribution in [2.75, 3.05) is 13.2 Å². The van der Waals surface area contributed by atoms with Gasteiger partial charge in [0.15, 0.2) is 6.61 Å². The van der Waals surface area contributed by atoms with Crippen molar-refractivity contribution in [2.24, 2.45) is 5.41 Å². The lowest BCUT2D eigenvalue weighted by Gasteiger charge is -2.18. The molecule has 1 aromatic rings. The Bertz CT molecular complexity index is 523. The monoisotopic (exact) mass is 307 g/mol. The molecule has 0 spiro atoms. The Morgan fingerprint density at radius 1 is 1.32 bits per heavy atom. The summed E-state index contributed by atoms with van der Waals surface area (Å²) in [7, 11) is 0. The summed E-state index contributed by atoms with van der Waals surface area (Å²) in [6, 6.07) is 7.65. The predicted octanol–water partition coefficient (Wildman–Crippen LogP) is 2.81. The lowest BCUT2D eigenvalue weighted by Crippen LogP contribution is -2.34. The zero-order valence-electron chi connectivity index (χ0n) is 13.7. The van der Waals surface area contributed by atoms with Gasteiger partial charge in [-0.15, -0.1) is 0 Å². The number of carbonyl (C=O) groups is 2. The molecule has 1 aromatic carbocycles. The van der Waals surface area contributed by atoms with Gasteiger partial charge in [-0.3, -0.25) is 9.59 Å². The van der Waals surface area contributed by atoms with Crippen molar-refractivity contribution in [2.45, 2.75) is 40.0 Å². The highest BCUT2D eigenvalue weighted by Crippen LogP contribution is 2.20. The summed E-state index contributed by atoms with van der Waals surface area (Å²) in [5.41, 5.74) is 0.306. The van der Waals surface area contributed by atoms with Crippen LogP contribution in [0.4, 0.5) is 0 Å². The van der Waals surface area contributed by atoms with E-state index in [4.69, 9.17) is 9.84 Å². The van der Waals surface area contributed by atoms with Crippen LogP contribution in [0.25, 0.3) is 0 Å². The van der Waals surface area contributed by atoms with E-state index in [1.165, 1.54) is 0 Å². The third-order valence-corrected chi connectivity index (χ3v) is 3.55. The van der Waals surface area contributed by atoms with E-state index in [-0.39, 0.29) is 12.5 Å². The zero-order valence-corrected chi connectivity index (χ0v) is 13.7. The van der Waals surface area contributed by atoms with E-state index in [9.17, 15) is 9.59 Å². The second kappa shape index (κ2) is 7.82. The summed E-state index contributed by atoms with van der Waals surface area (Å²) in [6.45, 7) is 7.69. The van der Waals surface area contributed by atoms with Crippen LogP contribution in [0.1, 0.15) is 45.6 Å². The van der Waals surface area contributed by atoms with Crippen LogP contribution in [-0.4, -0.2) is 30.1 Å². The minimum Gasteiger partial charge on any atom is -0.484 e. The molecule has 0 bridgehead atoms.